The average molecular weight is 507 g/mol. The van der Waals surface area contributed by atoms with Crippen LogP contribution in [0.5, 0.6) is 0 Å². The Morgan fingerprint density at radius 3 is 2.49 bits per heavy atom. The molecule has 0 aliphatic carbocycles. The number of carbonyl (C=O) groups excluding carboxylic acids is 1. The Morgan fingerprint density at radius 1 is 1.17 bits per heavy atom. The molecule has 0 radical (unpaired) electrons. The van der Waals surface area contributed by atoms with Crippen LogP contribution in [0.1, 0.15) is 43.5 Å². The molecule has 2 heterocycles. The number of amides is 1. The van der Waals surface area contributed by atoms with Crippen LogP contribution in [0.4, 0.5) is 24.5 Å². The number of alkyl halides is 3. The third-order valence-corrected chi connectivity index (χ3v) is 5.96. The molecule has 0 bridgehead atoms. The van der Waals surface area contributed by atoms with Crippen LogP contribution in [0, 0.1) is 11.3 Å². The number of thiocarbonyl (C=S) groups is 1. The number of carbonyl (C=O) groups is 1. The van der Waals surface area contributed by atoms with Crippen LogP contribution in [0.3, 0.4) is 0 Å². The molecule has 1 amide bonds. The summed E-state index contributed by atoms with van der Waals surface area (Å²) in [5.74, 6) is -0.486. The van der Waals surface area contributed by atoms with Gasteiger partial charge in [0.25, 0.3) is 5.91 Å². The van der Waals surface area contributed by atoms with Gasteiger partial charge in [0.15, 0.2) is 5.11 Å². The van der Waals surface area contributed by atoms with E-state index < -0.39 is 28.7 Å². The third-order valence-electron chi connectivity index (χ3n) is 5.60. The first kappa shape index (κ1) is 26.5. The van der Waals surface area contributed by atoms with Gasteiger partial charge >= 0.3 is 6.18 Å². The van der Waals surface area contributed by atoms with Gasteiger partial charge in [-0.05, 0) is 75.7 Å². The van der Waals surface area contributed by atoms with Crippen LogP contribution < -0.4 is 9.80 Å². The van der Waals surface area contributed by atoms with E-state index in [0.717, 1.165) is 42.0 Å². The monoisotopic (exact) mass is 506 g/mol. The van der Waals surface area contributed by atoms with Crippen LogP contribution in [0.15, 0.2) is 36.5 Å². The fourth-order valence-corrected chi connectivity index (χ4v) is 4.33. The molecule has 0 saturated carbocycles. The Balaban J connectivity index is 1.81. The number of hydrogen-bond acceptors (Lipinski definition) is 6. The van der Waals surface area contributed by atoms with E-state index in [1.807, 2.05) is 6.07 Å². The van der Waals surface area contributed by atoms with Crippen LogP contribution in [-0.4, -0.2) is 42.1 Å². The molecule has 0 spiro atoms. The van der Waals surface area contributed by atoms with E-state index in [1.165, 1.54) is 12.1 Å². The summed E-state index contributed by atoms with van der Waals surface area (Å²) in [5, 5.41) is 9.09. The zero-order valence-electron chi connectivity index (χ0n) is 19.6. The first-order chi connectivity index (χ1) is 16.5. The number of benzene rings is 1. The van der Waals surface area contributed by atoms with E-state index >= 15 is 0 Å². The number of aryl methyl sites for hydroxylation is 1. The molecular weight excluding hydrogens is 481 g/mol. The normalized spacial score (nSPS) is 15.6. The predicted molar refractivity (Wildman–Crippen MR) is 128 cm³/mol. The lowest BCUT2D eigenvalue weighted by Gasteiger charge is -2.29. The minimum Gasteiger partial charge on any atom is -0.359 e. The van der Waals surface area contributed by atoms with Crippen LogP contribution in [0.2, 0.25) is 0 Å². The summed E-state index contributed by atoms with van der Waals surface area (Å²) in [5.41, 5.74) is -1.46. The maximum absolute atomic E-state index is 13.5. The summed E-state index contributed by atoms with van der Waals surface area (Å²) in [6.45, 7) is 4.13. The van der Waals surface area contributed by atoms with Gasteiger partial charge in [0.05, 0.1) is 34.8 Å². The number of nitriles is 1. The van der Waals surface area contributed by atoms with E-state index in [-0.39, 0.29) is 17.6 Å². The zero-order valence-corrected chi connectivity index (χ0v) is 20.4. The quantitative estimate of drug-likeness (QED) is 0.274. The van der Waals surface area contributed by atoms with Crippen LogP contribution in [-0.2, 0) is 26.9 Å². The zero-order chi connectivity index (χ0) is 25.8. The highest BCUT2D eigenvalue weighted by molar-refractivity contribution is 7.81. The van der Waals surface area contributed by atoms with Crippen molar-refractivity contribution in [2.75, 3.05) is 30.3 Å². The Bertz CT molecular complexity index is 1130. The summed E-state index contributed by atoms with van der Waals surface area (Å²) in [4.78, 5) is 20.4. The fourth-order valence-electron chi connectivity index (χ4n) is 3.81. The molecule has 7 nitrogen and oxygen atoms in total. The van der Waals surface area contributed by atoms with Gasteiger partial charge in [-0.25, -0.2) is 0 Å². The lowest BCUT2D eigenvalue weighted by Crippen LogP contribution is -2.44. The fraction of sp³-hybridized carbons (Fsp3) is 0.417. The molecule has 35 heavy (non-hydrogen) atoms. The first-order valence-corrected chi connectivity index (χ1v) is 11.2. The second-order valence-corrected chi connectivity index (χ2v) is 8.80. The van der Waals surface area contributed by atoms with Crippen molar-refractivity contribution in [1.29, 1.82) is 5.26 Å². The third kappa shape index (κ3) is 5.61. The van der Waals surface area contributed by atoms with E-state index in [9.17, 15) is 18.0 Å². The topological polar surface area (TPSA) is 78.7 Å². The lowest BCUT2D eigenvalue weighted by molar-refractivity contribution is -0.137. The second-order valence-electron chi connectivity index (χ2n) is 8.44. The van der Waals surface area contributed by atoms with Crippen molar-refractivity contribution in [2.45, 2.75) is 44.8 Å². The van der Waals surface area contributed by atoms with Crippen molar-refractivity contribution in [2.24, 2.45) is 0 Å². The van der Waals surface area contributed by atoms with Gasteiger partial charge in [-0.15, -0.1) is 0 Å². The van der Waals surface area contributed by atoms with Crippen molar-refractivity contribution >= 4 is 34.6 Å². The van der Waals surface area contributed by atoms with Crippen molar-refractivity contribution < 1.29 is 27.4 Å². The minimum absolute atomic E-state index is 0.0303. The molecule has 2 aromatic rings. The van der Waals surface area contributed by atoms with Gasteiger partial charge in [0.1, 0.15) is 12.3 Å². The predicted octanol–water partition coefficient (Wildman–Crippen LogP) is 4.83. The summed E-state index contributed by atoms with van der Waals surface area (Å²) in [6, 6.07) is 8.27. The number of ether oxygens (including phenoxy) is 2. The first-order valence-electron chi connectivity index (χ1n) is 10.8. The molecule has 1 aromatic heterocycles. The molecule has 1 aliphatic heterocycles. The SMILES string of the molecule is COCOCCCCc1ccc(N2C(=S)N(c3ccc(C#N)c(C(F)(F)F)c3)C(=O)C2(C)C)cn1. The Morgan fingerprint density at radius 2 is 1.89 bits per heavy atom. The Kier molecular flexibility index (Phi) is 8.10. The summed E-state index contributed by atoms with van der Waals surface area (Å²) >= 11 is 5.54. The summed E-state index contributed by atoms with van der Waals surface area (Å²) < 4.78 is 50.5. The van der Waals surface area contributed by atoms with E-state index in [1.54, 1.807) is 38.1 Å². The number of methoxy groups -OCH3 is 1. The average Bonchev–Trinajstić information content (AvgIpc) is 2.99. The van der Waals surface area contributed by atoms with Crippen LogP contribution in [0.25, 0.3) is 0 Å². The van der Waals surface area contributed by atoms with Crippen LogP contribution >= 0.6 is 12.2 Å². The number of halogens is 3. The summed E-state index contributed by atoms with van der Waals surface area (Å²) in [7, 11) is 1.57. The van der Waals surface area contributed by atoms with Gasteiger partial charge in [0.2, 0.25) is 0 Å². The van der Waals surface area contributed by atoms with Gasteiger partial charge in [-0.3, -0.25) is 14.7 Å². The molecule has 1 aromatic carbocycles. The molecule has 186 valence electrons. The molecular formula is C24H25F3N4O3S. The standard InChI is InChI=1S/C24H25F3N4O3S/c1-23(2)21(32)30(18-9-7-16(13-28)20(12-18)24(25,26)27)22(35)31(23)19-10-8-17(29-14-19)6-4-5-11-34-15-33-3/h7-10,12,14H,4-6,11,15H2,1-3H3. The van der Waals surface area contributed by atoms with Gasteiger partial charge in [-0.2, -0.15) is 18.4 Å². The summed E-state index contributed by atoms with van der Waals surface area (Å²) in [6.07, 6.45) is -0.695. The van der Waals surface area contributed by atoms with E-state index in [0.29, 0.717) is 12.3 Å². The number of aromatic nitrogens is 1. The highest BCUT2D eigenvalue weighted by atomic mass is 32.1. The second kappa shape index (κ2) is 10.7. The lowest BCUT2D eigenvalue weighted by atomic mass is 10.0. The molecule has 3 rings (SSSR count). The Hall–Kier alpha value is -3.07. The number of anilines is 2. The molecule has 11 heteroatoms. The molecule has 0 atom stereocenters. The maximum atomic E-state index is 13.5. The van der Waals surface area contributed by atoms with Gasteiger partial charge < -0.3 is 14.4 Å². The Labute approximate surface area is 207 Å². The van der Waals surface area contributed by atoms with E-state index in [4.69, 9.17) is 27.0 Å². The van der Waals surface area contributed by atoms with Crippen molar-refractivity contribution in [3.05, 3.63) is 53.3 Å². The smallest absolute Gasteiger partial charge is 0.359 e. The molecule has 0 unspecified atom stereocenters. The largest absolute Gasteiger partial charge is 0.417 e. The minimum atomic E-state index is -4.75. The van der Waals surface area contributed by atoms with Crippen molar-refractivity contribution in [3.8, 4) is 6.07 Å². The molecule has 0 N–H and O–H groups in total. The van der Waals surface area contributed by atoms with Crippen molar-refractivity contribution in [1.82, 2.24) is 4.98 Å². The molecule has 1 fully saturated rings. The van der Waals surface area contributed by atoms with Crippen molar-refractivity contribution in [3.63, 3.8) is 0 Å². The number of rotatable bonds is 9. The number of hydrogen-bond donors (Lipinski definition) is 0. The maximum Gasteiger partial charge on any atom is 0.417 e. The highest BCUT2D eigenvalue weighted by Gasteiger charge is 2.50. The highest BCUT2D eigenvalue weighted by Crippen LogP contribution is 2.39. The van der Waals surface area contributed by atoms with E-state index in [2.05, 4.69) is 4.98 Å². The van der Waals surface area contributed by atoms with Gasteiger partial charge in [0, 0.05) is 19.4 Å². The molecule has 1 saturated heterocycles. The number of pyridine rings is 1. The number of unbranched alkanes of at least 4 members (excludes halogenated alkanes) is 1. The van der Waals surface area contributed by atoms with Gasteiger partial charge in [-0.1, -0.05) is 0 Å². The number of nitrogens with zero attached hydrogens (tertiary/aromatic N) is 4. The molecule has 1 aliphatic rings.